The molecule has 0 radical (unpaired) electrons. The van der Waals surface area contributed by atoms with E-state index in [0.717, 1.165) is 18.7 Å². The minimum atomic E-state index is -0.135. The van der Waals surface area contributed by atoms with Gasteiger partial charge in [-0.25, -0.2) is 0 Å². The van der Waals surface area contributed by atoms with Crippen LogP contribution in [-0.2, 0) is 9.53 Å². The summed E-state index contributed by atoms with van der Waals surface area (Å²) in [6.45, 7) is 2.66. The predicted octanol–water partition coefficient (Wildman–Crippen LogP) is 1.50. The summed E-state index contributed by atoms with van der Waals surface area (Å²) in [5.74, 6) is 1.46. The summed E-state index contributed by atoms with van der Waals surface area (Å²) in [5.41, 5.74) is 1.17. The Kier molecular flexibility index (Phi) is 3.80. The van der Waals surface area contributed by atoms with Gasteiger partial charge in [0, 0.05) is 13.0 Å². The van der Waals surface area contributed by atoms with Crippen LogP contribution in [0.5, 0.6) is 5.75 Å². The first-order valence-corrected chi connectivity index (χ1v) is 6.90. The Labute approximate surface area is 113 Å². The Morgan fingerprint density at radius 1 is 1.32 bits per heavy atom. The summed E-state index contributed by atoms with van der Waals surface area (Å²) in [5, 5.41) is 3.23. The molecule has 102 valence electrons. The van der Waals surface area contributed by atoms with Gasteiger partial charge in [-0.3, -0.25) is 4.79 Å². The fourth-order valence-corrected chi connectivity index (χ4v) is 2.79. The topological polar surface area (TPSA) is 47.6 Å². The first kappa shape index (κ1) is 12.6. The average Bonchev–Trinajstić information content (AvgIpc) is 2.48. The molecule has 2 unspecified atom stereocenters. The predicted molar refractivity (Wildman–Crippen MR) is 71.5 cm³/mol. The minimum Gasteiger partial charge on any atom is -0.493 e. The lowest BCUT2D eigenvalue weighted by molar-refractivity contribution is -0.124. The highest BCUT2D eigenvalue weighted by Crippen LogP contribution is 2.35. The number of carbonyl (C=O) groups is 1. The molecule has 2 aliphatic heterocycles. The Hall–Kier alpha value is -1.39. The van der Waals surface area contributed by atoms with E-state index in [1.807, 2.05) is 18.2 Å². The smallest absolute Gasteiger partial charge is 0.152 e. The summed E-state index contributed by atoms with van der Waals surface area (Å²) in [6.07, 6.45) is 1.48. The van der Waals surface area contributed by atoms with Gasteiger partial charge in [-0.15, -0.1) is 0 Å². The Bertz CT molecular complexity index is 454. The van der Waals surface area contributed by atoms with Crippen LogP contribution < -0.4 is 10.1 Å². The first-order valence-electron chi connectivity index (χ1n) is 6.90. The van der Waals surface area contributed by atoms with Gasteiger partial charge in [-0.1, -0.05) is 18.2 Å². The van der Waals surface area contributed by atoms with Gasteiger partial charge >= 0.3 is 0 Å². The summed E-state index contributed by atoms with van der Waals surface area (Å²) in [4.78, 5) is 12.3. The van der Waals surface area contributed by atoms with Crippen molar-refractivity contribution in [2.45, 2.75) is 24.8 Å². The van der Waals surface area contributed by atoms with E-state index in [-0.39, 0.29) is 17.7 Å². The van der Waals surface area contributed by atoms with Gasteiger partial charge < -0.3 is 14.8 Å². The van der Waals surface area contributed by atoms with E-state index in [4.69, 9.17) is 9.47 Å². The third-order valence-electron chi connectivity index (χ3n) is 3.84. The zero-order valence-corrected chi connectivity index (χ0v) is 10.9. The van der Waals surface area contributed by atoms with Crippen molar-refractivity contribution in [3.63, 3.8) is 0 Å². The van der Waals surface area contributed by atoms with Crippen LogP contribution in [0.15, 0.2) is 24.3 Å². The molecule has 19 heavy (non-hydrogen) atoms. The lowest BCUT2D eigenvalue weighted by atomic mass is 9.87. The summed E-state index contributed by atoms with van der Waals surface area (Å²) in [7, 11) is 0. The minimum absolute atomic E-state index is 0.135. The third kappa shape index (κ3) is 2.80. The van der Waals surface area contributed by atoms with Gasteiger partial charge in [0.2, 0.25) is 0 Å². The molecule has 1 aromatic carbocycles. The van der Waals surface area contributed by atoms with Crippen LogP contribution in [0.3, 0.4) is 0 Å². The van der Waals surface area contributed by atoms with Crippen LogP contribution >= 0.6 is 0 Å². The van der Waals surface area contributed by atoms with Crippen LogP contribution in [0, 0.1) is 0 Å². The van der Waals surface area contributed by atoms with E-state index in [0.29, 0.717) is 26.2 Å². The number of ether oxygens (including phenoxy) is 2. The number of fused-ring (bicyclic) bond motifs is 1. The number of para-hydroxylation sites is 1. The number of hydrogen-bond acceptors (Lipinski definition) is 4. The Balaban J connectivity index is 1.68. The van der Waals surface area contributed by atoms with Crippen LogP contribution in [0.25, 0.3) is 0 Å². The molecule has 4 nitrogen and oxygen atoms in total. The van der Waals surface area contributed by atoms with Crippen molar-refractivity contribution < 1.29 is 14.3 Å². The van der Waals surface area contributed by atoms with Gasteiger partial charge in [0.05, 0.1) is 25.9 Å². The number of benzene rings is 1. The van der Waals surface area contributed by atoms with Crippen molar-refractivity contribution in [3.05, 3.63) is 29.8 Å². The van der Waals surface area contributed by atoms with Gasteiger partial charge in [0.1, 0.15) is 5.75 Å². The lowest BCUT2D eigenvalue weighted by Crippen LogP contribution is -2.46. The second-order valence-electron chi connectivity index (χ2n) is 5.12. The molecule has 0 spiro atoms. The molecular weight excluding hydrogens is 242 g/mol. The number of morpholine rings is 1. The van der Waals surface area contributed by atoms with Crippen molar-refractivity contribution in [1.82, 2.24) is 5.32 Å². The maximum Gasteiger partial charge on any atom is 0.152 e. The quantitative estimate of drug-likeness (QED) is 0.895. The number of rotatable bonds is 3. The zero-order valence-electron chi connectivity index (χ0n) is 10.9. The fraction of sp³-hybridized carbons (Fsp3) is 0.533. The standard InChI is InChI=1S/C15H19NO3/c17-14(13-10-18-8-6-16-13)9-11-5-7-19-15-4-2-1-3-12(11)15/h1-4,11,13,16H,5-10H2. The maximum atomic E-state index is 12.3. The van der Waals surface area contributed by atoms with Crippen molar-refractivity contribution in [1.29, 1.82) is 0 Å². The third-order valence-corrected chi connectivity index (χ3v) is 3.84. The summed E-state index contributed by atoms with van der Waals surface area (Å²) >= 11 is 0. The molecular formula is C15H19NO3. The maximum absolute atomic E-state index is 12.3. The Morgan fingerprint density at radius 3 is 3.05 bits per heavy atom. The highest BCUT2D eigenvalue weighted by atomic mass is 16.5. The van der Waals surface area contributed by atoms with E-state index in [1.165, 1.54) is 5.56 Å². The molecule has 2 heterocycles. The van der Waals surface area contributed by atoms with Crippen LogP contribution in [0.1, 0.15) is 24.3 Å². The SMILES string of the molecule is O=C(CC1CCOc2ccccc21)C1COCCN1. The normalized spacial score (nSPS) is 26.3. The second-order valence-corrected chi connectivity index (χ2v) is 5.12. The van der Waals surface area contributed by atoms with E-state index < -0.39 is 0 Å². The summed E-state index contributed by atoms with van der Waals surface area (Å²) in [6, 6.07) is 7.89. The average molecular weight is 261 g/mol. The monoisotopic (exact) mass is 261 g/mol. The van der Waals surface area contributed by atoms with Gasteiger partial charge in [-0.05, 0) is 24.0 Å². The lowest BCUT2D eigenvalue weighted by Gasteiger charge is -2.28. The number of nitrogens with one attached hydrogen (secondary N) is 1. The van der Waals surface area contributed by atoms with Gasteiger partial charge in [0.15, 0.2) is 5.78 Å². The first-order chi connectivity index (χ1) is 9.34. The fourth-order valence-electron chi connectivity index (χ4n) is 2.79. The molecule has 0 saturated carbocycles. The number of Topliss-reactive ketones (excluding diaryl/α,β-unsaturated/α-hetero) is 1. The number of ketones is 1. The van der Waals surface area contributed by atoms with Crippen molar-refractivity contribution in [2.75, 3.05) is 26.4 Å². The Morgan fingerprint density at radius 2 is 2.21 bits per heavy atom. The van der Waals surface area contributed by atoms with E-state index >= 15 is 0 Å². The molecule has 0 amide bonds. The van der Waals surface area contributed by atoms with E-state index in [1.54, 1.807) is 0 Å². The molecule has 3 rings (SSSR count). The van der Waals surface area contributed by atoms with Crippen molar-refractivity contribution >= 4 is 5.78 Å². The van der Waals surface area contributed by atoms with Crippen molar-refractivity contribution in [3.8, 4) is 5.75 Å². The molecule has 0 aliphatic carbocycles. The van der Waals surface area contributed by atoms with Crippen molar-refractivity contribution in [2.24, 2.45) is 0 Å². The van der Waals surface area contributed by atoms with Gasteiger partial charge in [-0.2, -0.15) is 0 Å². The summed E-state index contributed by atoms with van der Waals surface area (Å²) < 4.78 is 11.0. The van der Waals surface area contributed by atoms with Crippen LogP contribution in [0.2, 0.25) is 0 Å². The molecule has 4 heteroatoms. The molecule has 1 fully saturated rings. The van der Waals surface area contributed by atoms with E-state index in [9.17, 15) is 4.79 Å². The zero-order chi connectivity index (χ0) is 13.1. The highest BCUT2D eigenvalue weighted by Gasteiger charge is 2.28. The van der Waals surface area contributed by atoms with E-state index in [2.05, 4.69) is 11.4 Å². The molecule has 0 aromatic heterocycles. The number of carbonyl (C=O) groups excluding carboxylic acids is 1. The molecule has 1 N–H and O–H groups in total. The second kappa shape index (κ2) is 5.72. The molecule has 0 bridgehead atoms. The molecule has 2 atom stereocenters. The molecule has 1 aromatic rings. The largest absolute Gasteiger partial charge is 0.493 e. The van der Waals surface area contributed by atoms with Crippen LogP contribution in [0.4, 0.5) is 0 Å². The highest BCUT2D eigenvalue weighted by molar-refractivity contribution is 5.85. The number of hydrogen-bond donors (Lipinski definition) is 1. The van der Waals surface area contributed by atoms with Crippen LogP contribution in [-0.4, -0.2) is 38.2 Å². The molecule has 2 aliphatic rings. The molecule has 1 saturated heterocycles. The van der Waals surface area contributed by atoms with Gasteiger partial charge in [0.25, 0.3) is 0 Å².